The molecule has 7 nitrogen and oxygen atoms in total. The number of epoxide rings is 1. The van der Waals surface area contributed by atoms with Gasteiger partial charge in [-0.3, -0.25) is 9.59 Å². The first-order chi connectivity index (χ1) is 16.1. The van der Waals surface area contributed by atoms with Gasteiger partial charge in [-0.25, -0.2) is 4.79 Å². The molecule has 34 heavy (non-hydrogen) atoms. The number of hydrogen-bond donors (Lipinski definition) is 1. The number of carbonyl (C=O) groups excluding carboxylic acids is 2. The predicted octanol–water partition coefficient (Wildman–Crippen LogP) is 5.80. The molecule has 5 atom stereocenters. The summed E-state index contributed by atoms with van der Waals surface area (Å²) in [5.74, 6) is -3.54. The van der Waals surface area contributed by atoms with E-state index in [4.69, 9.17) is 14.2 Å². The van der Waals surface area contributed by atoms with Crippen LogP contribution in [-0.4, -0.2) is 41.0 Å². The molecular weight excluding hydrogens is 436 g/mol. The van der Waals surface area contributed by atoms with Crippen LogP contribution in [0.15, 0.2) is 12.2 Å². The maximum atomic E-state index is 11.8. The predicted molar refractivity (Wildman–Crippen MR) is 129 cm³/mol. The van der Waals surface area contributed by atoms with Gasteiger partial charge in [0.1, 0.15) is 0 Å². The first kappa shape index (κ1) is 28.3. The van der Waals surface area contributed by atoms with E-state index in [2.05, 4.69) is 20.4 Å². The minimum Gasteiger partial charge on any atom is -0.475 e. The molecule has 0 aromatic heterocycles. The summed E-state index contributed by atoms with van der Waals surface area (Å²) in [5, 5.41) is 9.59. The molecular formula is C27H44O7. The molecule has 1 aliphatic heterocycles. The molecule has 0 aromatic rings. The minimum absolute atomic E-state index is 0.0394. The van der Waals surface area contributed by atoms with Crippen LogP contribution >= 0.6 is 0 Å². The Balaban J connectivity index is 1.81. The van der Waals surface area contributed by atoms with Crippen LogP contribution in [0.2, 0.25) is 0 Å². The second-order valence-corrected chi connectivity index (χ2v) is 10.3. The van der Waals surface area contributed by atoms with Gasteiger partial charge in [0.25, 0.3) is 0 Å². The standard InChI is InChI=1S/C27H44O7/c1-6-7-10-18(2)11-8-9-12-22-14-13-19(3)23(22)17-25-24(32-25)15-16-27(26(30)31,33-20(4)28)34-21(5)29/h18,22-25H,3,6-17H2,1-2,4-5H3,(H,30,31)/t18?,22-,23-,24?,25+/m0/s1. The van der Waals surface area contributed by atoms with Gasteiger partial charge in [0.05, 0.1) is 12.2 Å². The summed E-state index contributed by atoms with van der Waals surface area (Å²) in [6.07, 6.45) is 12.2. The maximum Gasteiger partial charge on any atom is 0.390 e. The summed E-state index contributed by atoms with van der Waals surface area (Å²) in [5.41, 5.74) is 1.30. The van der Waals surface area contributed by atoms with Crippen LogP contribution in [-0.2, 0) is 28.6 Å². The fraction of sp³-hybridized carbons (Fsp3) is 0.815. The van der Waals surface area contributed by atoms with E-state index in [1.54, 1.807) is 0 Å². The van der Waals surface area contributed by atoms with E-state index in [9.17, 15) is 19.5 Å². The first-order valence-electron chi connectivity index (χ1n) is 13.0. The Bertz CT molecular complexity index is 700. The van der Waals surface area contributed by atoms with Crippen molar-refractivity contribution >= 4 is 17.9 Å². The molecule has 0 aromatic carbocycles. The quantitative estimate of drug-likeness (QED) is 0.0979. The number of ether oxygens (including phenoxy) is 3. The van der Waals surface area contributed by atoms with E-state index in [-0.39, 0.29) is 18.6 Å². The lowest BCUT2D eigenvalue weighted by Gasteiger charge is -2.27. The highest BCUT2D eigenvalue weighted by molar-refractivity contribution is 5.82. The Morgan fingerprint density at radius 2 is 1.74 bits per heavy atom. The number of rotatable bonds is 16. The molecule has 2 unspecified atom stereocenters. The van der Waals surface area contributed by atoms with Crippen molar-refractivity contribution < 1.29 is 33.7 Å². The number of carbonyl (C=O) groups is 3. The van der Waals surface area contributed by atoms with E-state index in [1.165, 1.54) is 56.9 Å². The summed E-state index contributed by atoms with van der Waals surface area (Å²) in [4.78, 5) is 34.7. The molecule has 7 heteroatoms. The molecule has 0 bridgehead atoms. The van der Waals surface area contributed by atoms with Crippen molar-refractivity contribution in [2.75, 3.05) is 0 Å². The second-order valence-electron chi connectivity index (χ2n) is 10.3. The number of carboxylic acids is 1. The Morgan fingerprint density at radius 3 is 2.32 bits per heavy atom. The van der Waals surface area contributed by atoms with Crippen molar-refractivity contribution in [1.82, 2.24) is 0 Å². The van der Waals surface area contributed by atoms with Gasteiger partial charge in [0.2, 0.25) is 0 Å². The summed E-state index contributed by atoms with van der Waals surface area (Å²) in [6.45, 7) is 11.1. The van der Waals surface area contributed by atoms with Crippen LogP contribution in [0.5, 0.6) is 0 Å². The van der Waals surface area contributed by atoms with Gasteiger partial charge < -0.3 is 19.3 Å². The van der Waals surface area contributed by atoms with Crippen LogP contribution in [0.25, 0.3) is 0 Å². The van der Waals surface area contributed by atoms with Gasteiger partial charge in [-0.1, -0.05) is 64.5 Å². The Morgan fingerprint density at radius 1 is 1.09 bits per heavy atom. The van der Waals surface area contributed by atoms with E-state index in [0.717, 1.165) is 32.6 Å². The third kappa shape index (κ3) is 8.71. The summed E-state index contributed by atoms with van der Waals surface area (Å²) >= 11 is 0. The topological polar surface area (TPSA) is 102 Å². The number of unbranched alkanes of at least 4 members (excludes halogenated alkanes) is 2. The van der Waals surface area contributed by atoms with Crippen LogP contribution in [0.1, 0.15) is 105 Å². The lowest BCUT2D eigenvalue weighted by molar-refractivity contribution is -0.237. The highest BCUT2D eigenvalue weighted by atomic mass is 16.7. The zero-order chi connectivity index (χ0) is 25.3. The minimum atomic E-state index is -2.30. The molecule has 2 aliphatic rings. The normalized spacial score (nSPS) is 25.1. The van der Waals surface area contributed by atoms with Crippen molar-refractivity contribution in [3.8, 4) is 0 Å². The molecule has 0 amide bonds. The van der Waals surface area contributed by atoms with Crippen LogP contribution in [0, 0.1) is 17.8 Å². The zero-order valence-electron chi connectivity index (χ0n) is 21.5. The second kappa shape index (κ2) is 13.3. The Hall–Kier alpha value is -1.89. The van der Waals surface area contributed by atoms with Crippen molar-refractivity contribution in [2.45, 2.75) is 123 Å². The van der Waals surface area contributed by atoms with Gasteiger partial charge in [-0.2, -0.15) is 0 Å². The average molecular weight is 481 g/mol. The number of aliphatic carboxylic acids is 1. The van der Waals surface area contributed by atoms with Crippen LogP contribution in [0.4, 0.5) is 0 Å². The summed E-state index contributed by atoms with van der Waals surface area (Å²) in [6, 6.07) is 0. The molecule has 1 heterocycles. The van der Waals surface area contributed by atoms with Gasteiger partial charge in [0, 0.05) is 20.3 Å². The number of hydrogen-bond acceptors (Lipinski definition) is 6. The van der Waals surface area contributed by atoms with E-state index < -0.39 is 23.7 Å². The molecule has 1 N–H and O–H groups in total. The largest absolute Gasteiger partial charge is 0.475 e. The van der Waals surface area contributed by atoms with Crippen molar-refractivity contribution in [2.24, 2.45) is 17.8 Å². The van der Waals surface area contributed by atoms with Crippen molar-refractivity contribution in [3.05, 3.63) is 12.2 Å². The molecule has 194 valence electrons. The van der Waals surface area contributed by atoms with Gasteiger partial charge >= 0.3 is 23.7 Å². The van der Waals surface area contributed by atoms with Crippen LogP contribution < -0.4 is 0 Å². The van der Waals surface area contributed by atoms with Crippen LogP contribution in [0.3, 0.4) is 0 Å². The molecule has 2 rings (SSSR count). The third-order valence-electron chi connectivity index (χ3n) is 7.38. The number of esters is 2. The number of carboxylic acid groups (broad SMARTS) is 1. The fourth-order valence-electron chi connectivity index (χ4n) is 5.40. The molecule has 1 saturated heterocycles. The zero-order valence-corrected chi connectivity index (χ0v) is 21.5. The molecule has 0 radical (unpaired) electrons. The lowest BCUT2D eigenvalue weighted by Crippen LogP contribution is -2.47. The highest BCUT2D eigenvalue weighted by Gasteiger charge is 2.50. The first-order valence-corrected chi connectivity index (χ1v) is 13.0. The molecule has 1 aliphatic carbocycles. The molecule has 0 spiro atoms. The highest BCUT2D eigenvalue weighted by Crippen LogP contribution is 2.45. The summed E-state index contributed by atoms with van der Waals surface area (Å²) in [7, 11) is 0. The van der Waals surface area contributed by atoms with Crippen molar-refractivity contribution in [3.63, 3.8) is 0 Å². The van der Waals surface area contributed by atoms with Gasteiger partial charge in [-0.15, -0.1) is 0 Å². The Labute approximate surface area is 204 Å². The monoisotopic (exact) mass is 480 g/mol. The van der Waals surface area contributed by atoms with E-state index in [0.29, 0.717) is 18.3 Å². The third-order valence-corrected chi connectivity index (χ3v) is 7.38. The molecule has 2 fully saturated rings. The Kier molecular flexibility index (Phi) is 11.1. The maximum absolute atomic E-state index is 11.8. The van der Waals surface area contributed by atoms with Gasteiger partial charge in [-0.05, 0) is 49.9 Å². The van der Waals surface area contributed by atoms with E-state index in [1.807, 2.05) is 0 Å². The van der Waals surface area contributed by atoms with Crippen molar-refractivity contribution in [1.29, 1.82) is 0 Å². The van der Waals surface area contributed by atoms with E-state index >= 15 is 0 Å². The summed E-state index contributed by atoms with van der Waals surface area (Å²) < 4.78 is 15.7. The average Bonchev–Trinajstić information content (AvgIpc) is 3.41. The lowest BCUT2D eigenvalue weighted by atomic mass is 9.84. The SMILES string of the molecule is C=C1CC[C@H](CCCCC(C)CCCC)[C@H]1C[C@H]1OC1CCC(OC(C)=O)(OC(C)=O)C(=O)O. The smallest absolute Gasteiger partial charge is 0.390 e. The molecule has 1 saturated carbocycles. The van der Waals surface area contributed by atoms with Gasteiger partial charge in [0.15, 0.2) is 0 Å². The number of allylic oxidation sites excluding steroid dienone is 1. The fourth-order valence-corrected chi connectivity index (χ4v) is 5.40.